The van der Waals surface area contributed by atoms with Crippen LogP contribution in [0.25, 0.3) is 83.2 Å². The lowest BCUT2D eigenvalue weighted by Gasteiger charge is -2.17. The van der Waals surface area contributed by atoms with E-state index in [0.29, 0.717) is 0 Å². The van der Waals surface area contributed by atoms with Crippen molar-refractivity contribution < 1.29 is 4.42 Å². The number of nitrogens with two attached hydrogens (primary N) is 1. The number of furan rings is 1. The zero-order valence-electron chi connectivity index (χ0n) is 25.1. The first-order valence-corrected chi connectivity index (χ1v) is 15.9. The highest BCUT2D eigenvalue weighted by atomic mass is 16.3. The van der Waals surface area contributed by atoms with Gasteiger partial charge in [0.2, 0.25) is 0 Å². The molecule has 9 aromatic rings. The fraction of sp³-hybridized carbons (Fsp3) is 0.0476. The van der Waals surface area contributed by atoms with Gasteiger partial charge in [-0.05, 0) is 84.6 Å². The molecule has 0 radical (unpaired) electrons. The monoisotopic (exact) mass is 591 g/mol. The summed E-state index contributed by atoms with van der Waals surface area (Å²) in [5.41, 5.74) is 19.7. The summed E-state index contributed by atoms with van der Waals surface area (Å²) < 4.78 is 11.3. The molecule has 0 aliphatic heterocycles. The van der Waals surface area contributed by atoms with Crippen molar-refractivity contribution in [3.63, 3.8) is 0 Å². The van der Waals surface area contributed by atoms with Gasteiger partial charge in [-0.1, -0.05) is 78.9 Å². The van der Waals surface area contributed by atoms with Crippen LogP contribution >= 0.6 is 0 Å². The molecule has 4 heteroatoms. The summed E-state index contributed by atoms with van der Waals surface area (Å²) in [6.45, 7) is 0. The number of allylic oxidation sites excluding steroid dienone is 1. The first-order chi connectivity index (χ1) is 22.7. The van der Waals surface area contributed by atoms with Gasteiger partial charge in [0.15, 0.2) is 0 Å². The van der Waals surface area contributed by atoms with Crippen LogP contribution in [0.5, 0.6) is 0 Å². The first kappa shape index (κ1) is 25.3. The maximum Gasteiger partial charge on any atom is 0.145 e. The summed E-state index contributed by atoms with van der Waals surface area (Å²) >= 11 is 0. The van der Waals surface area contributed by atoms with E-state index < -0.39 is 0 Å². The maximum atomic E-state index is 6.58. The Balaban J connectivity index is 1.29. The van der Waals surface area contributed by atoms with Crippen molar-refractivity contribution in [2.75, 3.05) is 5.73 Å². The second-order valence-electron chi connectivity index (χ2n) is 12.3. The van der Waals surface area contributed by atoms with Gasteiger partial charge in [-0.25, -0.2) is 0 Å². The third kappa shape index (κ3) is 3.50. The summed E-state index contributed by atoms with van der Waals surface area (Å²) in [5, 5.41) is 5.88. The molecular formula is C42H29N3O. The normalized spacial score (nSPS) is 13.0. The quantitative estimate of drug-likeness (QED) is 0.208. The summed E-state index contributed by atoms with van der Waals surface area (Å²) in [6, 6.07) is 45.3. The van der Waals surface area contributed by atoms with Crippen molar-refractivity contribution in [2.24, 2.45) is 0 Å². The Kier molecular flexibility index (Phi) is 5.23. The highest BCUT2D eigenvalue weighted by Gasteiger charge is 2.22. The molecule has 4 nitrogen and oxygen atoms in total. The average molecular weight is 592 g/mol. The van der Waals surface area contributed by atoms with Crippen molar-refractivity contribution >= 4 is 66.4 Å². The second-order valence-corrected chi connectivity index (χ2v) is 12.3. The number of hydrogen-bond donors (Lipinski definition) is 1. The van der Waals surface area contributed by atoms with Gasteiger partial charge in [0.1, 0.15) is 11.2 Å². The summed E-state index contributed by atoms with van der Waals surface area (Å²) in [7, 11) is 0. The Hall–Kier alpha value is -6.00. The minimum Gasteiger partial charge on any atom is -0.455 e. The van der Waals surface area contributed by atoms with Gasteiger partial charge in [-0.3, -0.25) is 0 Å². The SMILES string of the molecule is Nc1ccc(-c2ccc3c4c5oc6ccccc6c5ccc4n(-c4ccccc4)c3c2)c(-n2c3c(c4ccccc42)CCC=C3)c1. The maximum absolute atomic E-state index is 6.58. The molecule has 0 spiro atoms. The van der Waals surface area contributed by atoms with Crippen LogP contribution in [-0.4, -0.2) is 9.13 Å². The highest BCUT2D eigenvalue weighted by molar-refractivity contribution is 6.24. The molecule has 0 amide bonds. The molecule has 0 saturated heterocycles. The Labute approximate surface area is 265 Å². The van der Waals surface area contributed by atoms with Crippen LogP contribution in [0, 0.1) is 0 Å². The van der Waals surface area contributed by atoms with Crippen molar-refractivity contribution in [3.8, 4) is 22.5 Å². The van der Waals surface area contributed by atoms with Gasteiger partial charge in [-0.2, -0.15) is 0 Å². The number of benzene rings is 6. The van der Waals surface area contributed by atoms with E-state index in [2.05, 4.69) is 137 Å². The molecule has 0 saturated carbocycles. The Morgan fingerprint density at radius 2 is 1.41 bits per heavy atom. The molecule has 10 rings (SSSR count). The van der Waals surface area contributed by atoms with E-state index >= 15 is 0 Å². The number of para-hydroxylation sites is 3. The lowest BCUT2D eigenvalue weighted by molar-refractivity contribution is 0.673. The average Bonchev–Trinajstić information content (AvgIpc) is 3.76. The van der Waals surface area contributed by atoms with Crippen molar-refractivity contribution in [1.82, 2.24) is 9.13 Å². The number of rotatable bonds is 3. The summed E-state index contributed by atoms with van der Waals surface area (Å²) in [6.07, 6.45) is 6.66. The van der Waals surface area contributed by atoms with Crippen molar-refractivity contribution in [1.29, 1.82) is 0 Å². The van der Waals surface area contributed by atoms with E-state index in [0.717, 1.165) is 84.8 Å². The van der Waals surface area contributed by atoms with E-state index in [1.54, 1.807) is 0 Å². The van der Waals surface area contributed by atoms with Crippen LogP contribution < -0.4 is 5.73 Å². The van der Waals surface area contributed by atoms with E-state index in [1.165, 1.54) is 22.2 Å². The van der Waals surface area contributed by atoms with Gasteiger partial charge >= 0.3 is 0 Å². The van der Waals surface area contributed by atoms with Crippen LogP contribution in [0.1, 0.15) is 17.7 Å². The van der Waals surface area contributed by atoms with Crippen molar-refractivity contribution in [2.45, 2.75) is 12.8 Å². The van der Waals surface area contributed by atoms with E-state index in [1.807, 2.05) is 12.1 Å². The number of aromatic nitrogens is 2. The fourth-order valence-corrected chi connectivity index (χ4v) is 7.73. The second kappa shape index (κ2) is 9.50. The smallest absolute Gasteiger partial charge is 0.145 e. The molecule has 3 aromatic heterocycles. The third-order valence-electron chi connectivity index (χ3n) is 9.72. The number of nitrogens with zero attached hydrogens (tertiary/aromatic N) is 2. The Morgan fingerprint density at radius 1 is 0.609 bits per heavy atom. The largest absolute Gasteiger partial charge is 0.455 e. The molecule has 1 aliphatic rings. The molecule has 2 N–H and O–H groups in total. The van der Waals surface area contributed by atoms with Crippen LogP contribution in [0.2, 0.25) is 0 Å². The van der Waals surface area contributed by atoms with Crippen LogP contribution in [-0.2, 0) is 6.42 Å². The van der Waals surface area contributed by atoms with E-state index in [4.69, 9.17) is 10.2 Å². The minimum atomic E-state index is 0.747. The molecule has 6 aromatic carbocycles. The van der Waals surface area contributed by atoms with E-state index in [9.17, 15) is 0 Å². The topological polar surface area (TPSA) is 49.0 Å². The van der Waals surface area contributed by atoms with Gasteiger partial charge in [-0.15, -0.1) is 0 Å². The number of nitrogen functional groups attached to an aromatic ring is 1. The van der Waals surface area contributed by atoms with Crippen LogP contribution in [0.15, 0.2) is 138 Å². The lowest BCUT2D eigenvalue weighted by Crippen LogP contribution is -2.03. The third-order valence-corrected chi connectivity index (χ3v) is 9.72. The van der Waals surface area contributed by atoms with E-state index in [-0.39, 0.29) is 0 Å². The van der Waals surface area contributed by atoms with Crippen LogP contribution in [0.4, 0.5) is 5.69 Å². The predicted molar refractivity (Wildman–Crippen MR) is 192 cm³/mol. The molecule has 46 heavy (non-hydrogen) atoms. The molecule has 0 unspecified atom stereocenters. The molecule has 0 fully saturated rings. The molecule has 1 aliphatic carbocycles. The zero-order valence-corrected chi connectivity index (χ0v) is 25.1. The van der Waals surface area contributed by atoms with Gasteiger partial charge in [0.05, 0.1) is 27.6 Å². The number of fused-ring (bicyclic) bond motifs is 10. The summed E-state index contributed by atoms with van der Waals surface area (Å²) in [5.74, 6) is 0. The number of hydrogen-bond acceptors (Lipinski definition) is 2. The number of aryl methyl sites for hydroxylation is 1. The Bertz CT molecular complexity index is 2700. The van der Waals surface area contributed by atoms with Gasteiger partial charge < -0.3 is 19.3 Å². The predicted octanol–water partition coefficient (Wildman–Crippen LogP) is 10.8. The van der Waals surface area contributed by atoms with Crippen molar-refractivity contribution in [3.05, 3.63) is 145 Å². The molecule has 218 valence electrons. The van der Waals surface area contributed by atoms with Crippen LogP contribution in [0.3, 0.4) is 0 Å². The molecule has 0 atom stereocenters. The zero-order chi connectivity index (χ0) is 30.4. The van der Waals surface area contributed by atoms with Gasteiger partial charge in [0.25, 0.3) is 0 Å². The molecule has 0 bridgehead atoms. The molecule has 3 heterocycles. The summed E-state index contributed by atoms with van der Waals surface area (Å²) in [4.78, 5) is 0. The first-order valence-electron chi connectivity index (χ1n) is 15.9. The standard InChI is InChI=1S/C42H29N3O/c43-27-19-21-29(39(25-27)45-35-15-7-4-12-30(35)31-13-5-8-16-36(31)45)26-18-20-34-38(24-26)44(28-10-2-1-3-11-28)37-23-22-33-32-14-6-9-17-40(32)46-42(33)41(34)37/h1-4,6-12,14-25H,5,13,43H2. The number of anilines is 1. The minimum absolute atomic E-state index is 0.747. The highest BCUT2D eigenvalue weighted by Crippen LogP contribution is 2.43. The Morgan fingerprint density at radius 3 is 2.33 bits per heavy atom. The fourth-order valence-electron chi connectivity index (χ4n) is 7.73. The molecular weight excluding hydrogens is 562 g/mol. The lowest BCUT2D eigenvalue weighted by atomic mass is 9.99. The van der Waals surface area contributed by atoms with Gasteiger partial charge in [0, 0.05) is 44.2 Å².